The summed E-state index contributed by atoms with van der Waals surface area (Å²) in [5, 5.41) is 4.09. The van der Waals surface area contributed by atoms with E-state index < -0.39 is 0 Å². The predicted octanol–water partition coefficient (Wildman–Crippen LogP) is 1.31. The molecule has 106 valence electrons. The van der Waals surface area contributed by atoms with Crippen molar-refractivity contribution in [2.75, 3.05) is 13.1 Å². The number of hydrogen-bond acceptors (Lipinski definition) is 4. The molecule has 0 aliphatic heterocycles. The van der Waals surface area contributed by atoms with E-state index in [0.29, 0.717) is 25.4 Å². The Balaban J connectivity index is 2.10. The van der Waals surface area contributed by atoms with Crippen molar-refractivity contribution in [3.8, 4) is 0 Å². The van der Waals surface area contributed by atoms with E-state index in [-0.39, 0.29) is 17.1 Å². The molecule has 0 radical (unpaired) electrons. The van der Waals surface area contributed by atoms with E-state index in [2.05, 4.69) is 5.10 Å². The van der Waals surface area contributed by atoms with E-state index in [1.54, 1.807) is 22.7 Å². The molecule has 2 aromatic rings. The van der Waals surface area contributed by atoms with Gasteiger partial charge in [-0.3, -0.25) is 14.3 Å². The Hall–Kier alpha value is -2.37. The number of hydrogen-bond donors (Lipinski definition) is 0. The number of likely N-dealkylation sites (N-methyl/N-ethyl adjacent to an activating group) is 1. The molecular formula is C14H17N3O3. The molecule has 2 aromatic heterocycles. The third-order valence-electron chi connectivity index (χ3n) is 2.93. The van der Waals surface area contributed by atoms with Gasteiger partial charge in [-0.05, 0) is 19.9 Å². The SMILES string of the molecule is CCN(CCn1cccn1)C(=O)c1cc(=O)cc(C)o1. The molecule has 0 unspecified atom stereocenters. The lowest BCUT2D eigenvalue weighted by Gasteiger charge is -2.20. The number of amides is 1. The Morgan fingerprint density at radius 1 is 1.45 bits per heavy atom. The van der Waals surface area contributed by atoms with E-state index in [4.69, 9.17) is 4.42 Å². The van der Waals surface area contributed by atoms with Crippen LogP contribution in [-0.2, 0) is 6.54 Å². The van der Waals surface area contributed by atoms with E-state index in [0.717, 1.165) is 0 Å². The summed E-state index contributed by atoms with van der Waals surface area (Å²) in [6.07, 6.45) is 3.53. The molecule has 0 fully saturated rings. The second kappa shape index (κ2) is 6.18. The molecule has 6 nitrogen and oxygen atoms in total. The van der Waals surface area contributed by atoms with Crippen LogP contribution in [0.15, 0.2) is 39.8 Å². The van der Waals surface area contributed by atoms with Crippen LogP contribution in [0.5, 0.6) is 0 Å². The van der Waals surface area contributed by atoms with Crippen molar-refractivity contribution in [2.24, 2.45) is 0 Å². The van der Waals surface area contributed by atoms with E-state index in [9.17, 15) is 9.59 Å². The third kappa shape index (κ3) is 3.34. The summed E-state index contributed by atoms with van der Waals surface area (Å²) in [4.78, 5) is 25.4. The molecule has 6 heteroatoms. The zero-order chi connectivity index (χ0) is 14.5. The summed E-state index contributed by atoms with van der Waals surface area (Å²) < 4.78 is 7.08. The van der Waals surface area contributed by atoms with Gasteiger partial charge in [0.1, 0.15) is 5.76 Å². The summed E-state index contributed by atoms with van der Waals surface area (Å²) >= 11 is 0. The summed E-state index contributed by atoms with van der Waals surface area (Å²) in [5.41, 5.74) is -0.222. The minimum Gasteiger partial charge on any atom is -0.456 e. The molecule has 0 spiro atoms. The predicted molar refractivity (Wildman–Crippen MR) is 73.5 cm³/mol. The topological polar surface area (TPSA) is 68.3 Å². The molecule has 0 aliphatic rings. The molecule has 20 heavy (non-hydrogen) atoms. The lowest BCUT2D eigenvalue weighted by molar-refractivity contribution is 0.0720. The van der Waals surface area contributed by atoms with Gasteiger partial charge in [-0.1, -0.05) is 0 Å². The van der Waals surface area contributed by atoms with Gasteiger partial charge < -0.3 is 9.32 Å². The van der Waals surface area contributed by atoms with Crippen molar-refractivity contribution in [2.45, 2.75) is 20.4 Å². The maximum atomic E-state index is 12.3. The Labute approximate surface area is 116 Å². The Morgan fingerprint density at radius 2 is 2.25 bits per heavy atom. The first-order chi connectivity index (χ1) is 9.60. The van der Waals surface area contributed by atoms with Crippen LogP contribution in [0.4, 0.5) is 0 Å². The second-order valence-electron chi connectivity index (χ2n) is 4.42. The van der Waals surface area contributed by atoms with Crippen molar-refractivity contribution in [1.29, 1.82) is 0 Å². The minimum atomic E-state index is -0.277. The van der Waals surface area contributed by atoms with Crippen LogP contribution in [0.1, 0.15) is 23.2 Å². The van der Waals surface area contributed by atoms with Gasteiger partial charge in [0.2, 0.25) is 0 Å². The van der Waals surface area contributed by atoms with Crippen molar-refractivity contribution < 1.29 is 9.21 Å². The van der Waals surface area contributed by atoms with Gasteiger partial charge in [-0.2, -0.15) is 5.10 Å². The van der Waals surface area contributed by atoms with Crippen molar-refractivity contribution >= 4 is 5.91 Å². The molecule has 0 aromatic carbocycles. The minimum absolute atomic E-state index is 0.0808. The quantitative estimate of drug-likeness (QED) is 0.825. The molecule has 0 aliphatic carbocycles. The zero-order valence-corrected chi connectivity index (χ0v) is 11.6. The molecule has 0 saturated carbocycles. The van der Waals surface area contributed by atoms with Gasteiger partial charge in [-0.15, -0.1) is 0 Å². The average molecular weight is 275 g/mol. The largest absolute Gasteiger partial charge is 0.456 e. The average Bonchev–Trinajstić information content (AvgIpc) is 2.91. The van der Waals surface area contributed by atoms with Crippen LogP contribution in [0, 0.1) is 6.92 Å². The normalized spacial score (nSPS) is 10.5. The lowest BCUT2D eigenvalue weighted by Crippen LogP contribution is -2.34. The highest BCUT2D eigenvalue weighted by molar-refractivity contribution is 5.91. The number of aryl methyl sites for hydroxylation is 1. The number of carbonyl (C=O) groups excluding carboxylic acids is 1. The summed E-state index contributed by atoms with van der Waals surface area (Å²) in [5.74, 6) is 0.238. The summed E-state index contributed by atoms with van der Waals surface area (Å²) in [6, 6.07) is 4.42. The molecule has 0 saturated heterocycles. The highest BCUT2D eigenvalue weighted by Gasteiger charge is 2.17. The van der Waals surface area contributed by atoms with Crippen LogP contribution in [0.25, 0.3) is 0 Å². The number of aromatic nitrogens is 2. The lowest BCUT2D eigenvalue weighted by atomic mass is 10.3. The first-order valence-electron chi connectivity index (χ1n) is 6.48. The fourth-order valence-electron chi connectivity index (χ4n) is 1.92. The highest BCUT2D eigenvalue weighted by Crippen LogP contribution is 2.05. The first-order valence-corrected chi connectivity index (χ1v) is 6.48. The second-order valence-corrected chi connectivity index (χ2v) is 4.42. The van der Waals surface area contributed by atoms with Crippen molar-refractivity contribution in [3.63, 3.8) is 0 Å². The van der Waals surface area contributed by atoms with Crippen LogP contribution >= 0.6 is 0 Å². The fourth-order valence-corrected chi connectivity index (χ4v) is 1.92. The van der Waals surface area contributed by atoms with Gasteiger partial charge >= 0.3 is 0 Å². The Morgan fingerprint density at radius 3 is 2.85 bits per heavy atom. The van der Waals surface area contributed by atoms with Crippen molar-refractivity contribution in [1.82, 2.24) is 14.7 Å². The molecule has 0 atom stereocenters. The molecule has 2 heterocycles. The monoisotopic (exact) mass is 275 g/mol. The van der Waals surface area contributed by atoms with Crippen LogP contribution in [0.2, 0.25) is 0 Å². The standard InChI is InChI=1S/C14H17N3O3/c1-3-16(7-8-17-6-4-5-15-17)14(19)13-10-12(18)9-11(2)20-13/h4-6,9-10H,3,7-8H2,1-2H3. The Kier molecular flexibility index (Phi) is 4.34. The van der Waals surface area contributed by atoms with E-state index >= 15 is 0 Å². The molecule has 1 amide bonds. The van der Waals surface area contributed by atoms with Gasteiger partial charge in [0.25, 0.3) is 5.91 Å². The summed E-state index contributed by atoms with van der Waals surface area (Å²) in [6.45, 7) is 5.18. The third-order valence-corrected chi connectivity index (χ3v) is 2.93. The smallest absolute Gasteiger partial charge is 0.289 e. The molecule has 0 N–H and O–H groups in total. The van der Waals surface area contributed by atoms with Crippen molar-refractivity contribution in [3.05, 3.63) is 52.3 Å². The maximum Gasteiger partial charge on any atom is 0.289 e. The van der Waals surface area contributed by atoms with Crippen LogP contribution < -0.4 is 5.43 Å². The van der Waals surface area contributed by atoms with Crippen LogP contribution in [-0.4, -0.2) is 33.7 Å². The maximum absolute atomic E-state index is 12.3. The highest BCUT2D eigenvalue weighted by atomic mass is 16.3. The number of nitrogens with zero attached hydrogens (tertiary/aromatic N) is 3. The van der Waals surface area contributed by atoms with Gasteiger partial charge in [-0.25, -0.2) is 0 Å². The molecule has 0 bridgehead atoms. The number of rotatable bonds is 5. The van der Waals surface area contributed by atoms with Gasteiger partial charge in [0.05, 0.1) is 6.54 Å². The van der Waals surface area contributed by atoms with Crippen LogP contribution in [0.3, 0.4) is 0 Å². The Bertz CT molecular complexity index is 631. The zero-order valence-electron chi connectivity index (χ0n) is 11.6. The van der Waals surface area contributed by atoms with E-state index in [1.807, 2.05) is 19.2 Å². The first kappa shape index (κ1) is 14.0. The van der Waals surface area contributed by atoms with Gasteiger partial charge in [0.15, 0.2) is 11.2 Å². The van der Waals surface area contributed by atoms with E-state index in [1.165, 1.54) is 12.1 Å². The number of carbonyl (C=O) groups is 1. The molecular weight excluding hydrogens is 258 g/mol. The fraction of sp³-hybridized carbons (Fsp3) is 0.357. The molecule has 2 rings (SSSR count). The van der Waals surface area contributed by atoms with Gasteiger partial charge in [0, 0.05) is 37.6 Å². The summed E-state index contributed by atoms with van der Waals surface area (Å²) in [7, 11) is 0.